The average molecular weight is 263 g/mol. The number of nitrogens with zero attached hydrogens (tertiary/aromatic N) is 2. The second kappa shape index (κ2) is 6.84. The third kappa shape index (κ3) is 4.94. The minimum Gasteiger partial charge on any atom is -0.347 e. The molecule has 0 heterocycles. The van der Waals surface area contributed by atoms with Gasteiger partial charge in [-0.15, -0.1) is 11.6 Å². The van der Waals surface area contributed by atoms with Crippen molar-refractivity contribution in [2.75, 3.05) is 33.1 Å². The largest absolute Gasteiger partial charge is 0.347 e. The van der Waals surface area contributed by atoms with Gasteiger partial charge in [0.25, 0.3) is 0 Å². The number of halogens is 1. The molecule has 0 aliphatic carbocycles. The van der Waals surface area contributed by atoms with Gasteiger partial charge < -0.3 is 9.80 Å². The van der Waals surface area contributed by atoms with Gasteiger partial charge in [-0.3, -0.25) is 9.59 Å². The van der Waals surface area contributed by atoms with Crippen molar-refractivity contribution in [3.8, 4) is 0 Å². The molecule has 0 aromatic carbocycles. The van der Waals surface area contributed by atoms with Crippen LogP contribution in [0.25, 0.3) is 0 Å². The van der Waals surface area contributed by atoms with E-state index in [2.05, 4.69) is 0 Å². The predicted molar refractivity (Wildman–Crippen MR) is 70.1 cm³/mol. The Kier molecular flexibility index (Phi) is 6.53. The first-order chi connectivity index (χ1) is 7.76. The van der Waals surface area contributed by atoms with E-state index in [9.17, 15) is 9.59 Å². The Morgan fingerprint density at radius 2 is 1.76 bits per heavy atom. The highest BCUT2D eigenvalue weighted by atomic mass is 35.5. The lowest BCUT2D eigenvalue weighted by Crippen LogP contribution is -2.46. The Morgan fingerprint density at radius 3 is 2.12 bits per heavy atom. The third-order valence-corrected chi connectivity index (χ3v) is 3.19. The Labute approximate surface area is 109 Å². The molecular formula is C12H23ClN2O2. The highest BCUT2D eigenvalue weighted by Gasteiger charge is 2.31. The average Bonchev–Trinajstić information content (AvgIpc) is 2.27. The van der Waals surface area contributed by atoms with E-state index in [4.69, 9.17) is 11.6 Å². The number of likely N-dealkylation sites (N-methyl/N-ethyl adjacent to an activating group) is 1. The van der Waals surface area contributed by atoms with Crippen molar-refractivity contribution in [2.24, 2.45) is 5.41 Å². The van der Waals surface area contributed by atoms with Gasteiger partial charge in [-0.25, -0.2) is 0 Å². The van der Waals surface area contributed by atoms with Crippen LogP contribution in [0.5, 0.6) is 0 Å². The molecule has 0 N–H and O–H groups in total. The highest BCUT2D eigenvalue weighted by molar-refractivity contribution is 6.19. The molecule has 0 rings (SSSR count). The molecule has 0 atom stereocenters. The van der Waals surface area contributed by atoms with Gasteiger partial charge in [0.1, 0.15) is 0 Å². The standard InChI is InChI=1S/C12H23ClN2O2/c1-6-7-15(8-10(16)14(4)5)11(17)12(2,3)9-13/h6-9H2,1-5H3. The van der Waals surface area contributed by atoms with Crippen LogP contribution < -0.4 is 0 Å². The van der Waals surface area contributed by atoms with Crippen molar-refractivity contribution in [3.05, 3.63) is 0 Å². The molecule has 0 unspecified atom stereocenters. The summed E-state index contributed by atoms with van der Waals surface area (Å²) in [6.45, 7) is 6.28. The van der Waals surface area contributed by atoms with E-state index in [1.54, 1.807) is 32.8 Å². The van der Waals surface area contributed by atoms with E-state index >= 15 is 0 Å². The van der Waals surface area contributed by atoms with Crippen LogP contribution in [0, 0.1) is 5.41 Å². The van der Waals surface area contributed by atoms with Gasteiger partial charge in [0.05, 0.1) is 12.0 Å². The summed E-state index contributed by atoms with van der Waals surface area (Å²) in [4.78, 5) is 26.9. The summed E-state index contributed by atoms with van der Waals surface area (Å²) in [6.07, 6.45) is 0.824. The Balaban J connectivity index is 4.74. The molecule has 0 aliphatic rings. The Hall–Kier alpha value is -0.770. The molecule has 0 bridgehead atoms. The van der Waals surface area contributed by atoms with Gasteiger partial charge >= 0.3 is 0 Å². The lowest BCUT2D eigenvalue weighted by Gasteiger charge is -2.30. The van der Waals surface area contributed by atoms with Crippen molar-refractivity contribution >= 4 is 23.4 Å². The smallest absolute Gasteiger partial charge is 0.241 e. The molecule has 2 amide bonds. The molecule has 0 aromatic heterocycles. The van der Waals surface area contributed by atoms with Crippen LogP contribution in [0.4, 0.5) is 0 Å². The van der Waals surface area contributed by atoms with E-state index in [1.165, 1.54) is 4.90 Å². The quantitative estimate of drug-likeness (QED) is 0.682. The lowest BCUT2D eigenvalue weighted by molar-refractivity contribution is -0.144. The molecule has 5 heteroatoms. The molecular weight excluding hydrogens is 240 g/mol. The van der Waals surface area contributed by atoms with Gasteiger partial charge in [-0.2, -0.15) is 0 Å². The summed E-state index contributed by atoms with van der Waals surface area (Å²) in [5.41, 5.74) is -0.622. The molecule has 17 heavy (non-hydrogen) atoms. The van der Waals surface area contributed by atoms with Gasteiger partial charge in [0.15, 0.2) is 0 Å². The maximum absolute atomic E-state index is 12.2. The predicted octanol–water partition coefficient (Wildman–Crippen LogP) is 1.58. The SMILES string of the molecule is CCCN(CC(=O)N(C)C)C(=O)C(C)(C)CCl. The molecule has 0 fully saturated rings. The zero-order valence-electron chi connectivity index (χ0n) is 11.4. The number of rotatable bonds is 6. The molecule has 0 saturated carbocycles. The first-order valence-corrected chi connectivity index (χ1v) is 6.35. The van der Waals surface area contributed by atoms with Crippen LogP contribution in [0.2, 0.25) is 0 Å². The van der Waals surface area contributed by atoms with Gasteiger partial charge in [0.2, 0.25) is 11.8 Å². The van der Waals surface area contributed by atoms with Crippen LogP contribution in [0.1, 0.15) is 27.2 Å². The molecule has 4 nitrogen and oxygen atoms in total. The van der Waals surface area contributed by atoms with Gasteiger partial charge in [-0.1, -0.05) is 6.92 Å². The van der Waals surface area contributed by atoms with E-state index in [1.807, 2.05) is 6.92 Å². The Morgan fingerprint density at radius 1 is 1.24 bits per heavy atom. The second-order valence-electron chi connectivity index (χ2n) is 5.03. The van der Waals surface area contributed by atoms with E-state index in [-0.39, 0.29) is 24.2 Å². The molecule has 0 radical (unpaired) electrons. The van der Waals surface area contributed by atoms with Gasteiger partial charge in [0, 0.05) is 26.5 Å². The fourth-order valence-corrected chi connectivity index (χ4v) is 1.43. The molecule has 0 aromatic rings. The highest BCUT2D eigenvalue weighted by Crippen LogP contribution is 2.20. The fraction of sp³-hybridized carbons (Fsp3) is 0.833. The number of carbonyl (C=O) groups is 2. The second-order valence-corrected chi connectivity index (χ2v) is 5.30. The minimum atomic E-state index is -0.622. The monoisotopic (exact) mass is 262 g/mol. The van der Waals surface area contributed by atoms with E-state index < -0.39 is 5.41 Å². The zero-order chi connectivity index (χ0) is 13.6. The first-order valence-electron chi connectivity index (χ1n) is 5.81. The van der Waals surface area contributed by atoms with Crippen LogP contribution in [0.3, 0.4) is 0 Å². The summed E-state index contributed by atoms with van der Waals surface area (Å²) < 4.78 is 0. The summed E-state index contributed by atoms with van der Waals surface area (Å²) in [5.74, 6) is 0.115. The summed E-state index contributed by atoms with van der Waals surface area (Å²) in [7, 11) is 3.37. The van der Waals surface area contributed by atoms with Crippen LogP contribution in [-0.2, 0) is 9.59 Å². The summed E-state index contributed by atoms with van der Waals surface area (Å²) in [5, 5.41) is 0. The number of hydrogen-bond acceptors (Lipinski definition) is 2. The maximum atomic E-state index is 12.2. The third-order valence-electron chi connectivity index (χ3n) is 2.52. The first kappa shape index (κ1) is 16.2. The normalized spacial score (nSPS) is 11.2. The number of alkyl halides is 1. The molecule has 0 spiro atoms. The van der Waals surface area contributed by atoms with Crippen LogP contribution >= 0.6 is 11.6 Å². The summed E-state index contributed by atoms with van der Waals surface area (Å²) >= 11 is 5.79. The van der Waals surface area contributed by atoms with Gasteiger partial charge in [-0.05, 0) is 20.3 Å². The number of carbonyl (C=O) groups excluding carboxylic acids is 2. The molecule has 0 saturated heterocycles. The Bertz CT molecular complexity index is 278. The molecule has 100 valence electrons. The lowest BCUT2D eigenvalue weighted by atomic mass is 9.94. The van der Waals surface area contributed by atoms with Crippen molar-refractivity contribution in [1.29, 1.82) is 0 Å². The minimum absolute atomic E-state index is 0.0652. The van der Waals surface area contributed by atoms with E-state index in [0.717, 1.165) is 6.42 Å². The molecule has 0 aliphatic heterocycles. The van der Waals surface area contributed by atoms with Crippen molar-refractivity contribution < 1.29 is 9.59 Å². The number of amides is 2. The number of hydrogen-bond donors (Lipinski definition) is 0. The van der Waals surface area contributed by atoms with Crippen molar-refractivity contribution in [3.63, 3.8) is 0 Å². The maximum Gasteiger partial charge on any atom is 0.241 e. The zero-order valence-corrected chi connectivity index (χ0v) is 12.2. The van der Waals surface area contributed by atoms with Crippen molar-refractivity contribution in [1.82, 2.24) is 9.80 Å². The summed E-state index contributed by atoms with van der Waals surface area (Å²) in [6, 6.07) is 0. The van der Waals surface area contributed by atoms with Crippen LogP contribution in [0.15, 0.2) is 0 Å². The van der Waals surface area contributed by atoms with Crippen LogP contribution in [-0.4, -0.2) is 54.7 Å². The fourth-order valence-electron chi connectivity index (χ4n) is 1.31. The topological polar surface area (TPSA) is 40.6 Å². The van der Waals surface area contributed by atoms with E-state index in [0.29, 0.717) is 6.54 Å². The van der Waals surface area contributed by atoms with Crippen molar-refractivity contribution in [2.45, 2.75) is 27.2 Å².